The molecule has 0 bridgehead atoms. The molecule has 0 aromatic heterocycles. The quantitative estimate of drug-likeness (QED) is 0.426. The zero-order chi connectivity index (χ0) is 14.6. The average molecular weight is 427 g/mol. The van der Waals surface area contributed by atoms with Crippen molar-refractivity contribution in [3.63, 3.8) is 0 Å². The second-order valence-corrected chi connectivity index (χ2v) is 8.04. The van der Waals surface area contributed by atoms with Crippen LogP contribution in [0, 0.1) is 5.92 Å². The van der Waals surface area contributed by atoms with E-state index in [2.05, 4.69) is 30.7 Å². The summed E-state index contributed by atoms with van der Waals surface area (Å²) in [6, 6.07) is 0. The van der Waals surface area contributed by atoms with E-state index in [0.717, 1.165) is 37.9 Å². The number of ether oxygens (including phenoxy) is 1. The minimum atomic E-state index is -0.00943. The van der Waals surface area contributed by atoms with Gasteiger partial charge in [0, 0.05) is 31.1 Å². The number of nitrogens with two attached hydrogens (primary N) is 1. The fourth-order valence-corrected chi connectivity index (χ4v) is 3.66. The van der Waals surface area contributed by atoms with E-state index in [0.29, 0.717) is 6.10 Å². The molecule has 1 aliphatic carbocycles. The van der Waals surface area contributed by atoms with Crippen LogP contribution >= 0.6 is 35.7 Å². The van der Waals surface area contributed by atoms with Crippen molar-refractivity contribution in [2.75, 3.05) is 31.1 Å². The van der Waals surface area contributed by atoms with Crippen LogP contribution in [0.5, 0.6) is 0 Å². The predicted octanol–water partition coefficient (Wildman–Crippen LogP) is 2.95. The minimum absolute atomic E-state index is 0. The molecule has 2 rings (SSSR count). The van der Waals surface area contributed by atoms with E-state index in [1.165, 1.54) is 24.3 Å². The third-order valence-corrected chi connectivity index (χ3v) is 4.80. The lowest BCUT2D eigenvalue weighted by Crippen LogP contribution is -2.43. The molecule has 0 unspecified atom stereocenters. The van der Waals surface area contributed by atoms with Gasteiger partial charge in [-0.1, -0.05) is 0 Å². The molecule has 0 aromatic rings. The van der Waals surface area contributed by atoms with Crippen LogP contribution in [-0.4, -0.2) is 53.7 Å². The normalized spacial score (nSPS) is 27.0. The number of thioether (sulfide) groups is 1. The van der Waals surface area contributed by atoms with Crippen molar-refractivity contribution in [2.45, 2.75) is 51.7 Å². The van der Waals surface area contributed by atoms with Gasteiger partial charge in [-0.15, -0.1) is 24.0 Å². The Morgan fingerprint density at radius 1 is 1.29 bits per heavy atom. The molecule has 0 spiro atoms. The van der Waals surface area contributed by atoms with Crippen LogP contribution in [0.2, 0.25) is 0 Å². The molecular formula is C15H30IN3OS. The van der Waals surface area contributed by atoms with Crippen molar-refractivity contribution in [1.82, 2.24) is 4.90 Å². The Morgan fingerprint density at radius 2 is 1.90 bits per heavy atom. The monoisotopic (exact) mass is 427 g/mol. The van der Waals surface area contributed by atoms with Crippen LogP contribution in [0.1, 0.15) is 40.0 Å². The molecule has 2 N–H and O–H groups in total. The topological polar surface area (TPSA) is 50.9 Å². The average Bonchev–Trinajstić information content (AvgIpc) is 2.35. The molecule has 21 heavy (non-hydrogen) atoms. The van der Waals surface area contributed by atoms with Gasteiger partial charge in [-0.3, -0.25) is 4.99 Å². The van der Waals surface area contributed by atoms with Gasteiger partial charge in [-0.25, -0.2) is 0 Å². The van der Waals surface area contributed by atoms with Crippen molar-refractivity contribution in [2.24, 2.45) is 16.6 Å². The van der Waals surface area contributed by atoms with Gasteiger partial charge in [0.05, 0.1) is 11.7 Å². The van der Waals surface area contributed by atoms with Crippen LogP contribution in [-0.2, 0) is 4.74 Å². The van der Waals surface area contributed by atoms with Crippen LogP contribution in [0.3, 0.4) is 0 Å². The molecular weight excluding hydrogens is 397 g/mol. The van der Waals surface area contributed by atoms with Crippen LogP contribution in [0.15, 0.2) is 4.99 Å². The first-order chi connectivity index (χ1) is 9.44. The van der Waals surface area contributed by atoms with E-state index in [1.807, 2.05) is 11.8 Å². The third-order valence-electron chi connectivity index (χ3n) is 3.86. The summed E-state index contributed by atoms with van der Waals surface area (Å²) >= 11 is 2.00. The summed E-state index contributed by atoms with van der Waals surface area (Å²) in [5, 5.41) is 0. The maximum atomic E-state index is 6.05. The third kappa shape index (κ3) is 6.95. The molecule has 1 saturated carbocycles. The van der Waals surface area contributed by atoms with Crippen LogP contribution < -0.4 is 5.73 Å². The number of nitrogens with zero attached hydrogens (tertiary/aromatic N) is 2. The summed E-state index contributed by atoms with van der Waals surface area (Å²) in [7, 11) is 0. The second kappa shape index (κ2) is 8.82. The summed E-state index contributed by atoms with van der Waals surface area (Å²) in [6.07, 6.45) is 3.98. The Bertz CT molecular complexity index is 334. The maximum absolute atomic E-state index is 6.05. The second-order valence-electron chi connectivity index (χ2n) is 6.82. The number of hydrogen-bond donors (Lipinski definition) is 1. The SMILES string of the molecule is CC(C)(C)OC1CC(CCN=C(N)N2CCSCC2)C1.I. The summed E-state index contributed by atoms with van der Waals surface area (Å²) in [4.78, 5) is 6.75. The summed E-state index contributed by atoms with van der Waals surface area (Å²) in [5.41, 5.74) is 6.04. The number of guanidine groups is 1. The molecule has 1 heterocycles. The Balaban J connectivity index is 0.00000220. The molecule has 0 atom stereocenters. The summed E-state index contributed by atoms with van der Waals surface area (Å²) < 4.78 is 5.96. The van der Waals surface area contributed by atoms with Gasteiger partial charge in [0.25, 0.3) is 0 Å². The minimum Gasteiger partial charge on any atom is -0.373 e. The van der Waals surface area contributed by atoms with Crippen molar-refractivity contribution >= 4 is 41.7 Å². The fourth-order valence-electron chi connectivity index (χ4n) is 2.76. The highest BCUT2D eigenvalue weighted by Gasteiger charge is 2.32. The highest BCUT2D eigenvalue weighted by molar-refractivity contribution is 14.0. The smallest absolute Gasteiger partial charge is 0.191 e. The first-order valence-electron chi connectivity index (χ1n) is 7.74. The number of halogens is 1. The van der Waals surface area contributed by atoms with E-state index < -0.39 is 0 Å². The zero-order valence-electron chi connectivity index (χ0n) is 13.5. The standard InChI is InChI=1S/C15H29N3OS.HI/c1-15(2,3)19-13-10-12(11-13)4-5-17-14(16)18-6-8-20-9-7-18;/h12-13H,4-11H2,1-3H3,(H2,16,17);1H. The Morgan fingerprint density at radius 3 is 2.48 bits per heavy atom. The van der Waals surface area contributed by atoms with Gasteiger partial charge in [-0.2, -0.15) is 11.8 Å². The first-order valence-corrected chi connectivity index (χ1v) is 8.90. The van der Waals surface area contributed by atoms with E-state index in [-0.39, 0.29) is 29.6 Å². The van der Waals surface area contributed by atoms with Crippen molar-refractivity contribution in [1.29, 1.82) is 0 Å². The van der Waals surface area contributed by atoms with Crippen molar-refractivity contribution < 1.29 is 4.74 Å². The van der Waals surface area contributed by atoms with E-state index in [4.69, 9.17) is 10.5 Å². The lowest BCUT2D eigenvalue weighted by atomic mass is 9.80. The van der Waals surface area contributed by atoms with Gasteiger partial charge >= 0.3 is 0 Å². The van der Waals surface area contributed by atoms with Gasteiger partial charge < -0.3 is 15.4 Å². The number of hydrogen-bond acceptors (Lipinski definition) is 3. The first kappa shape index (κ1) is 19.4. The molecule has 4 nitrogen and oxygen atoms in total. The molecule has 6 heteroatoms. The molecule has 2 fully saturated rings. The van der Waals surface area contributed by atoms with E-state index in [1.54, 1.807) is 0 Å². The number of aliphatic imine (C=N–C) groups is 1. The fraction of sp³-hybridized carbons (Fsp3) is 0.933. The molecule has 1 aliphatic heterocycles. The Labute approximate surface area is 150 Å². The zero-order valence-corrected chi connectivity index (χ0v) is 16.7. The predicted molar refractivity (Wildman–Crippen MR) is 103 cm³/mol. The highest BCUT2D eigenvalue weighted by atomic mass is 127. The summed E-state index contributed by atoms with van der Waals surface area (Å²) in [6.45, 7) is 9.34. The van der Waals surface area contributed by atoms with Gasteiger partial charge in [0.1, 0.15) is 0 Å². The van der Waals surface area contributed by atoms with E-state index in [9.17, 15) is 0 Å². The lowest BCUT2D eigenvalue weighted by molar-refractivity contribution is -0.112. The number of rotatable bonds is 4. The van der Waals surface area contributed by atoms with Gasteiger partial charge in [0.15, 0.2) is 5.96 Å². The maximum Gasteiger partial charge on any atom is 0.191 e. The molecule has 124 valence electrons. The summed E-state index contributed by atoms with van der Waals surface area (Å²) in [5.74, 6) is 3.86. The van der Waals surface area contributed by atoms with Gasteiger partial charge in [0.2, 0.25) is 0 Å². The van der Waals surface area contributed by atoms with Gasteiger partial charge in [-0.05, 0) is 46.0 Å². The molecule has 0 amide bonds. The molecule has 0 radical (unpaired) electrons. The van der Waals surface area contributed by atoms with Crippen LogP contribution in [0.4, 0.5) is 0 Å². The Kier molecular flexibility index (Phi) is 8.13. The van der Waals surface area contributed by atoms with Crippen LogP contribution in [0.25, 0.3) is 0 Å². The lowest BCUT2D eigenvalue weighted by Gasteiger charge is -2.39. The van der Waals surface area contributed by atoms with Crippen molar-refractivity contribution in [3.8, 4) is 0 Å². The highest BCUT2D eigenvalue weighted by Crippen LogP contribution is 2.35. The largest absolute Gasteiger partial charge is 0.373 e. The van der Waals surface area contributed by atoms with Crippen molar-refractivity contribution in [3.05, 3.63) is 0 Å². The molecule has 2 aliphatic rings. The molecule has 1 saturated heterocycles. The van der Waals surface area contributed by atoms with E-state index >= 15 is 0 Å². The Hall–Kier alpha value is 0.310. The molecule has 0 aromatic carbocycles.